The van der Waals surface area contributed by atoms with E-state index in [1.807, 2.05) is 0 Å². The molecule has 0 aromatic carbocycles. The number of hydrogen-bond acceptors (Lipinski definition) is 8. The lowest BCUT2D eigenvalue weighted by Crippen LogP contribution is -2.10. The fourth-order valence-corrected chi connectivity index (χ4v) is 1.88. The van der Waals surface area contributed by atoms with Gasteiger partial charge in [0.05, 0.1) is 11.6 Å². The second-order valence-corrected chi connectivity index (χ2v) is 4.48. The largest absolute Gasteiger partial charge is 0.369 e. The molecule has 0 spiro atoms. The van der Waals surface area contributed by atoms with E-state index < -0.39 is 0 Å². The summed E-state index contributed by atoms with van der Waals surface area (Å²) in [5, 5.41) is 17.9. The third kappa shape index (κ3) is 3.07. The maximum atomic E-state index is 4.70. The standard InChI is InChI=1S/C12H16N8O/c1-2-4-14-12-17-10(8-6-16-19-11(8)18-12)13-5-3-9-15-7-21-20-9/h6-7H,2-5H2,1H3,(H3,13,14,16,17,18,19). The minimum atomic E-state index is 0.579. The summed E-state index contributed by atoms with van der Waals surface area (Å²) in [4.78, 5) is 12.8. The maximum absolute atomic E-state index is 4.70. The molecular formula is C12H16N8O. The zero-order valence-corrected chi connectivity index (χ0v) is 11.6. The van der Waals surface area contributed by atoms with Gasteiger partial charge in [-0.1, -0.05) is 12.1 Å². The van der Waals surface area contributed by atoms with Crippen molar-refractivity contribution in [2.75, 3.05) is 23.7 Å². The normalized spacial score (nSPS) is 10.9. The summed E-state index contributed by atoms with van der Waals surface area (Å²) in [5.41, 5.74) is 0.700. The molecule has 9 nitrogen and oxygen atoms in total. The molecule has 3 aromatic heterocycles. The molecule has 0 aliphatic heterocycles. The minimum absolute atomic E-state index is 0.579. The van der Waals surface area contributed by atoms with Crippen LogP contribution in [-0.2, 0) is 6.42 Å². The molecule has 0 saturated heterocycles. The molecule has 3 rings (SSSR count). The first-order valence-electron chi connectivity index (χ1n) is 6.81. The highest BCUT2D eigenvalue weighted by molar-refractivity contribution is 5.86. The van der Waals surface area contributed by atoms with Crippen LogP contribution in [0.15, 0.2) is 17.1 Å². The van der Waals surface area contributed by atoms with Gasteiger partial charge >= 0.3 is 0 Å². The lowest BCUT2D eigenvalue weighted by Gasteiger charge is -2.08. The molecule has 0 amide bonds. The van der Waals surface area contributed by atoms with E-state index in [0.717, 1.165) is 24.2 Å². The predicted molar refractivity (Wildman–Crippen MR) is 77.0 cm³/mol. The van der Waals surface area contributed by atoms with Crippen molar-refractivity contribution in [2.24, 2.45) is 0 Å². The number of aromatic amines is 1. The fraction of sp³-hybridized carbons (Fsp3) is 0.417. The van der Waals surface area contributed by atoms with E-state index in [1.165, 1.54) is 6.39 Å². The zero-order chi connectivity index (χ0) is 14.5. The van der Waals surface area contributed by atoms with Crippen LogP contribution in [0.1, 0.15) is 19.2 Å². The fourth-order valence-electron chi connectivity index (χ4n) is 1.88. The summed E-state index contributed by atoms with van der Waals surface area (Å²) in [6.45, 7) is 3.55. The van der Waals surface area contributed by atoms with Crippen molar-refractivity contribution in [1.82, 2.24) is 30.3 Å². The molecule has 110 valence electrons. The first kappa shape index (κ1) is 13.3. The van der Waals surface area contributed by atoms with Gasteiger partial charge in [-0.2, -0.15) is 20.1 Å². The van der Waals surface area contributed by atoms with Crippen LogP contribution >= 0.6 is 0 Å². The number of H-pyrrole nitrogens is 1. The Kier molecular flexibility index (Phi) is 3.90. The summed E-state index contributed by atoms with van der Waals surface area (Å²) >= 11 is 0. The van der Waals surface area contributed by atoms with Crippen LogP contribution in [-0.4, -0.2) is 43.4 Å². The van der Waals surface area contributed by atoms with Gasteiger partial charge in [-0.15, -0.1) is 0 Å². The van der Waals surface area contributed by atoms with Crippen LogP contribution in [0, 0.1) is 0 Å². The third-order valence-corrected chi connectivity index (χ3v) is 2.89. The van der Waals surface area contributed by atoms with Crippen LogP contribution in [0.25, 0.3) is 11.0 Å². The van der Waals surface area contributed by atoms with Crippen LogP contribution < -0.4 is 10.6 Å². The van der Waals surface area contributed by atoms with Crippen molar-refractivity contribution >= 4 is 22.8 Å². The molecular weight excluding hydrogens is 272 g/mol. The number of nitrogens with one attached hydrogen (secondary N) is 3. The molecule has 0 aliphatic rings. The summed E-state index contributed by atoms with van der Waals surface area (Å²) in [5.74, 6) is 1.97. The number of aromatic nitrogens is 6. The lowest BCUT2D eigenvalue weighted by atomic mass is 10.3. The Labute approximate surface area is 120 Å². The van der Waals surface area contributed by atoms with Crippen molar-refractivity contribution in [3.63, 3.8) is 0 Å². The highest BCUT2D eigenvalue weighted by atomic mass is 16.5. The van der Waals surface area contributed by atoms with Crippen LogP contribution in [0.4, 0.5) is 11.8 Å². The van der Waals surface area contributed by atoms with Gasteiger partial charge in [0, 0.05) is 19.5 Å². The van der Waals surface area contributed by atoms with E-state index in [4.69, 9.17) is 4.52 Å². The van der Waals surface area contributed by atoms with Gasteiger partial charge in [-0.25, -0.2) is 0 Å². The van der Waals surface area contributed by atoms with E-state index in [2.05, 4.69) is 47.9 Å². The smallest absolute Gasteiger partial charge is 0.226 e. The van der Waals surface area contributed by atoms with E-state index >= 15 is 0 Å². The molecule has 0 radical (unpaired) electrons. The molecule has 0 unspecified atom stereocenters. The van der Waals surface area contributed by atoms with Crippen molar-refractivity contribution < 1.29 is 4.52 Å². The summed E-state index contributed by atoms with van der Waals surface area (Å²) < 4.78 is 4.70. The molecule has 3 N–H and O–H groups in total. The topological polar surface area (TPSA) is 117 Å². The molecule has 0 aliphatic carbocycles. The molecule has 0 fully saturated rings. The van der Waals surface area contributed by atoms with Gasteiger partial charge in [0.15, 0.2) is 11.5 Å². The third-order valence-electron chi connectivity index (χ3n) is 2.89. The highest BCUT2D eigenvalue weighted by Gasteiger charge is 2.09. The Bertz CT molecular complexity index is 692. The Balaban J connectivity index is 1.74. The SMILES string of the molecule is CCCNc1nc(NCCc2ncon2)c2cn[nH]c2n1. The van der Waals surface area contributed by atoms with E-state index in [-0.39, 0.29) is 0 Å². The monoisotopic (exact) mass is 288 g/mol. The molecule has 0 saturated carbocycles. The van der Waals surface area contributed by atoms with Crippen molar-refractivity contribution in [2.45, 2.75) is 19.8 Å². The van der Waals surface area contributed by atoms with E-state index in [0.29, 0.717) is 30.4 Å². The number of fused-ring (bicyclic) bond motifs is 1. The number of rotatable bonds is 7. The Morgan fingerprint density at radius 3 is 3.00 bits per heavy atom. The Morgan fingerprint density at radius 2 is 2.19 bits per heavy atom. The number of hydrogen-bond donors (Lipinski definition) is 3. The quantitative estimate of drug-likeness (QED) is 0.594. The summed E-state index contributed by atoms with van der Waals surface area (Å²) in [6.07, 6.45) is 4.68. The summed E-state index contributed by atoms with van der Waals surface area (Å²) in [6, 6.07) is 0. The molecule has 0 bridgehead atoms. The molecule has 21 heavy (non-hydrogen) atoms. The summed E-state index contributed by atoms with van der Waals surface area (Å²) in [7, 11) is 0. The van der Waals surface area contributed by atoms with Crippen LogP contribution in [0.3, 0.4) is 0 Å². The average Bonchev–Trinajstić information content (AvgIpc) is 3.15. The van der Waals surface area contributed by atoms with Gasteiger partial charge in [0.1, 0.15) is 5.82 Å². The molecule has 0 atom stereocenters. The van der Waals surface area contributed by atoms with E-state index in [1.54, 1.807) is 6.20 Å². The van der Waals surface area contributed by atoms with Gasteiger partial charge in [0.2, 0.25) is 12.3 Å². The van der Waals surface area contributed by atoms with Gasteiger partial charge in [0.25, 0.3) is 0 Å². The van der Waals surface area contributed by atoms with Gasteiger partial charge < -0.3 is 15.2 Å². The van der Waals surface area contributed by atoms with Crippen molar-refractivity contribution in [1.29, 1.82) is 0 Å². The number of nitrogens with zero attached hydrogens (tertiary/aromatic N) is 5. The average molecular weight is 288 g/mol. The Hall–Kier alpha value is -2.71. The number of anilines is 2. The van der Waals surface area contributed by atoms with E-state index in [9.17, 15) is 0 Å². The second-order valence-electron chi connectivity index (χ2n) is 4.48. The second kappa shape index (κ2) is 6.16. The van der Waals surface area contributed by atoms with Crippen LogP contribution in [0.5, 0.6) is 0 Å². The first-order chi connectivity index (χ1) is 10.4. The zero-order valence-electron chi connectivity index (χ0n) is 11.6. The maximum Gasteiger partial charge on any atom is 0.226 e. The predicted octanol–water partition coefficient (Wildman–Crippen LogP) is 1.21. The lowest BCUT2D eigenvalue weighted by molar-refractivity contribution is 0.410. The molecule has 3 aromatic rings. The van der Waals surface area contributed by atoms with Crippen molar-refractivity contribution in [3.05, 3.63) is 18.4 Å². The van der Waals surface area contributed by atoms with Crippen molar-refractivity contribution in [3.8, 4) is 0 Å². The minimum Gasteiger partial charge on any atom is -0.369 e. The van der Waals surface area contributed by atoms with Crippen LogP contribution in [0.2, 0.25) is 0 Å². The Morgan fingerprint density at radius 1 is 1.24 bits per heavy atom. The highest BCUT2D eigenvalue weighted by Crippen LogP contribution is 2.19. The molecule has 3 heterocycles. The van der Waals surface area contributed by atoms with Gasteiger partial charge in [-0.3, -0.25) is 5.10 Å². The first-order valence-corrected chi connectivity index (χ1v) is 6.81. The molecule has 9 heteroatoms. The van der Waals surface area contributed by atoms with Gasteiger partial charge in [-0.05, 0) is 6.42 Å².